The molecule has 1 aliphatic rings. The summed E-state index contributed by atoms with van der Waals surface area (Å²) >= 11 is 3.55. The number of benzene rings is 1. The molecule has 0 unspecified atom stereocenters. The predicted octanol–water partition coefficient (Wildman–Crippen LogP) is 3.98. The fourth-order valence-electron chi connectivity index (χ4n) is 2.05. The molecule has 3 heteroatoms. The highest BCUT2D eigenvalue weighted by Gasteiger charge is 2.16. The lowest BCUT2D eigenvalue weighted by Crippen LogP contribution is -2.00. The van der Waals surface area contributed by atoms with E-state index in [2.05, 4.69) is 15.9 Å². The zero-order chi connectivity index (χ0) is 11.7. The fourth-order valence-corrected chi connectivity index (χ4v) is 2.76. The summed E-state index contributed by atoms with van der Waals surface area (Å²) in [5, 5.41) is 9.07. The summed E-state index contributed by atoms with van der Waals surface area (Å²) in [6.45, 7) is 1.82. The van der Waals surface area contributed by atoms with E-state index < -0.39 is 5.97 Å². The number of carboxylic acids is 1. The SMILES string of the molecule is Cc1ccc(C2=C(Br)CCC2)cc1C(=O)O. The van der Waals surface area contributed by atoms with E-state index in [4.69, 9.17) is 5.11 Å². The van der Waals surface area contributed by atoms with Gasteiger partial charge in [0.25, 0.3) is 0 Å². The third-order valence-electron chi connectivity index (χ3n) is 2.97. The lowest BCUT2D eigenvalue weighted by molar-refractivity contribution is 0.0696. The molecule has 0 bridgehead atoms. The summed E-state index contributed by atoms with van der Waals surface area (Å²) in [6.07, 6.45) is 3.24. The highest BCUT2D eigenvalue weighted by atomic mass is 79.9. The third kappa shape index (κ3) is 2.05. The van der Waals surface area contributed by atoms with Gasteiger partial charge in [0, 0.05) is 0 Å². The highest BCUT2D eigenvalue weighted by molar-refractivity contribution is 9.11. The van der Waals surface area contributed by atoms with Gasteiger partial charge in [-0.2, -0.15) is 0 Å². The average Bonchev–Trinajstić information content (AvgIpc) is 2.65. The van der Waals surface area contributed by atoms with Crippen LogP contribution in [-0.2, 0) is 0 Å². The van der Waals surface area contributed by atoms with Crippen molar-refractivity contribution in [2.24, 2.45) is 0 Å². The van der Waals surface area contributed by atoms with Gasteiger partial charge in [-0.25, -0.2) is 4.79 Å². The fraction of sp³-hybridized carbons (Fsp3) is 0.308. The van der Waals surface area contributed by atoms with Crippen molar-refractivity contribution in [1.29, 1.82) is 0 Å². The molecule has 84 valence electrons. The van der Waals surface area contributed by atoms with Gasteiger partial charge >= 0.3 is 5.97 Å². The van der Waals surface area contributed by atoms with Crippen LogP contribution >= 0.6 is 15.9 Å². The molecule has 1 aromatic rings. The van der Waals surface area contributed by atoms with Crippen molar-refractivity contribution in [2.45, 2.75) is 26.2 Å². The summed E-state index contributed by atoms with van der Waals surface area (Å²) in [5.41, 5.74) is 3.50. The van der Waals surface area contributed by atoms with Crippen LogP contribution in [0.4, 0.5) is 0 Å². The lowest BCUT2D eigenvalue weighted by atomic mass is 9.99. The molecule has 0 amide bonds. The maximum absolute atomic E-state index is 11.0. The molecule has 0 aromatic heterocycles. The van der Waals surface area contributed by atoms with Crippen molar-refractivity contribution in [3.63, 3.8) is 0 Å². The van der Waals surface area contributed by atoms with E-state index in [-0.39, 0.29) is 0 Å². The second-order valence-electron chi connectivity index (χ2n) is 4.07. The molecule has 0 aliphatic heterocycles. The van der Waals surface area contributed by atoms with E-state index in [0.29, 0.717) is 5.56 Å². The van der Waals surface area contributed by atoms with Gasteiger partial charge in [0.15, 0.2) is 0 Å². The smallest absolute Gasteiger partial charge is 0.335 e. The Hall–Kier alpha value is -1.09. The quantitative estimate of drug-likeness (QED) is 0.890. The molecule has 0 saturated carbocycles. The van der Waals surface area contributed by atoms with Gasteiger partial charge in [-0.3, -0.25) is 0 Å². The van der Waals surface area contributed by atoms with Crippen LogP contribution in [0.15, 0.2) is 22.7 Å². The minimum atomic E-state index is -0.853. The highest BCUT2D eigenvalue weighted by Crippen LogP contribution is 2.37. The van der Waals surface area contributed by atoms with Crippen LogP contribution in [0.2, 0.25) is 0 Å². The molecule has 0 fully saturated rings. The number of aryl methyl sites for hydroxylation is 1. The summed E-state index contributed by atoms with van der Waals surface area (Å²) in [4.78, 5) is 11.0. The number of carboxylic acid groups (broad SMARTS) is 1. The lowest BCUT2D eigenvalue weighted by Gasteiger charge is -2.07. The van der Waals surface area contributed by atoms with E-state index in [9.17, 15) is 4.79 Å². The largest absolute Gasteiger partial charge is 0.478 e. The van der Waals surface area contributed by atoms with Crippen molar-refractivity contribution >= 4 is 27.5 Å². The summed E-state index contributed by atoms with van der Waals surface area (Å²) in [6, 6.07) is 5.66. The molecular formula is C13H13BrO2. The summed E-state index contributed by atoms with van der Waals surface area (Å²) < 4.78 is 1.22. The zero-order valence-corrected chi connectivity index (χ0v) is 10.7. The van der Waals surface area contributed by atoms with Crippen molar-refractivity contribution in [3.05, 3.63) is 39.4 Å². The molecule has 1 aliphatic carbocycles. The first-order valence-electron chi connectivity index (χ1n) is 5.31. The molecule has 1 N–H and O–H groups in total. The van der Waals surface area contributed by atoms with Gasteiger partial charge in [-0.1, -0.05) is 28.1 Å². The van der Waals surface area contributed by atoms with Gasteiger partial charge in [0.2, 0.25) is 0 Å². The molecule has 0 heterocycles. The molecule has 0 saturated heterocycles. The molecule has 16 heavy (non-hydrogen) atoms. The van der Waals surface area contributed by atoms with Crippen molar-refractivity contribution in [2.75, 3.05) is 0 Å². The molecule has 1 aromatic carbocycles. The number of rotatable bonds is 2. The van der Waals surface area contributed by atoms with E-state index in [0.717, 1.165) is 30.4 Å². The Kier molecular flexibility index (Phi) is 3.15. The number of hydrogen-bond acceptors (Lipinski definition) is 1. The summed E-state index contributed by atoms with van der Waals surface area (Å²) in [5.74, 6) is -0.853. The van der Waals surface area contributed by atoms with Crippen LogP contribution in [-0.4, -0.2) is 11.1 Å². The molecule has 0 radical (unpaired) electrons. The number of allylic oxidation sites excluding steroid dienone is 2. The van der Waals surface area contributed by atoms with Gasteiger partial charge in [0.05, 0.1) is 5.56 Å². The monoisotopic (exact) mass is 280 g/mol. The Morgan fingerprint density at radius 3 is 2.69 bits per heavy atom. The molecule has 2 rings (SSSR count). The first kappa shape index (κ1) is 11.4. The normalized spacial score (nSPS) is 15.6. The first-order chi connectivity index (χ1) is 7.59. The van der Waals surface area contributed by atoms with Crippen molar-refractivity contribution < 1.29 is 9.90 Å². The third-order valence-corrected chi connectivity index (χ3v) is 3.84. The van der Waals surface area contributed by atoms with Crippen LogP contribution in [0.25, 0.3) is 5.57 Å². The maximum atomic E-state index is 11.0. The Bertz CT molecular complexity index is 475. The van der Waals surface area contributed by atoms with Gasteiger partial charge in [-0.15, -0.1) is 0 Å². The van der Waals surface area contributed by atoms with Crippen LogP contribution < -0.4 is 0 Å². The van der Waals surface area contributed by atoms with E-state index in [1.165, 1.54) is 10.1 Å². The molecular weight excluding hydrogens is 268 g/mol. The van der Waals surface area contributed by atoms with Gasteiger partial charge in [-0.05, 0) is 53.4 Å². The first-order valence-corrected chi connectivity index (χ1v) is 6.10. The van der Waals surface area contributed by atoms with E-state index in [1.807, 2.05) is 19.1 Å². The number of carbonyl (C=O) groups is 1. The van der Waals surface area contributed by atoms with Crippen molar-refractivity contribution in [3.8, 4) is 0 Å². The second kappa shape index (κ2) is 4.42. The number of hydrogen-bond donors (Lipinski definition) is 1. The molecule has 0 spiro atoms. The van der Waals surface area contributed by atoms with Crippen molar-refractivity contribution in [1.82, 2.24) is 0 Å². The molecule has 2 nitrogen and oxygen atoms in total. The zero-order valence-electron chi connectivity index (χ0n) is 9.09. The topological polar surface area (TPSA) is 37.3 Å². The van der Waals surface area contributed by atoms with E-state index >= 15 is 0 Å². The van der Waals surface area contributed by atoms with E-state index in [1.54, 1.807) is 6.07 Å². The van der Waals surface area contributed by atoms with Crippen LogP contribution in [0.1, 0.15) is 40.7 Å². The van der Waals surface area contributed by atoms with Crippen LogP contribution in [0.5, 0.6) is 0 Å². The maximum Gasteiger partial charge on any atom is 0.335 e. The Morgan fingerprint density at radius 1 is 1.38 bits per heavy atom. The van der Waals surface area contributed by atoms with Gasteiger partial charge in [0.1, 0.15) is 0 Å². The van der Waals surface area contributed by atoms with Crippen LogP contribution in [0.3, 0.4) is 0 Å². The Balaban J connectivity index is 2.48. The minimum absolute atomic E-state index is 0.400. The molecule has 0 atom stereocenters. The van der Waals surface area contributed by atoms with Gasteiger partial charge < -0.3 is 5.11 Å². The average molecular weight is 281 g/mol. The Labute approximate surface area is 103 Å². The minimum Gasteiger partial charge on any atom is -0.478 e. The summed E-state index contributed by atoms with van der Waals surface area (Å²) in [7, 11) is 0. The number of halogens is 1. The Morgan fingerprint density at radius 2 is 2.12 bits per heavy atom. The number of aromatic carboxylic acids is 1. The second-order valence-corrected chi connectivity index (χ2v) is 5.03. The standard InChI is InChI=1S/C13H13BrO2/c1-8-5-6-9(7-11(8)13(15)16)10-3-2-4-12(10)14/h5-7H,2-4H2,1H3,(H,15,16). The predicted molar refractivity (Wildman–Crippen MR) is 67.8 cm³/mol. The van der Waals surface area contributed by atoms with Crippen LogP contribution in [0, 0.1) is 6.92 Å².